The zero-order chi connectivity index (χ0) is 15.8. The molecular formula is C13H20N4O3S2. The van der Waals surface area contributed by atoms with Crippen LogP contribution >= 0.6 is 23.1 Å². The molecule has 1 heterocycles. The average molecular weight is 344 g/mol. The lowest BCUT2D eigenvalue weighted by Crippen LogP contribution is -2.37. The van der Waals surface area contributed by atoms with Gasteiger partial charge in [-0.3, -0.25) is 10.1 Å². The maximum Gasteiger partial charge on any atom is 0.413 e. The van der Waals surface area contributed by atoms with Crippen molar-refractivity contribution in [2.75, 3.05) is 17.7 Å². The summed E-state index contributed by atoms with van der Waals surface area (Å²) in [5.74, 6) is 0.330. The number of rotatable bonds is 6. The van der Waals surface area contributed by atoms with Gasteiger partial charge in [-0.05, 0) is 19.8 Å². The predicted octanol–water partition coefficient (Wildman–Crippen LogP) is 2.65. The van der Waals surface area contributed by atoms with Crippen molar-refractivity contribution in [3.63, 3.8) is 0 Å². The van der Waals surface area contributed by atoms with E-state index in [1.807, 2.05) is 0 Å². The molecule has 0 radical (unpaired) electrons. The third-order valence-electron chi connectivity index (χ3n) is 3.19. The number of thioether (sulfide) groups is 1. The highest BCUT2D eigenvalue weighted by Gasteiger charge is 2.16. The Hall–Kier alpha value is -1.35. The maximum atomic E-state index is 11.9. The van der Waals surface area contributed by atoms with Crippen LogP contribution in [-0.2, 0) is 9.53 Å². The minimum atomic E-state index is -0.551. The molecular weight excluding hydrogens is 324 g/mol. The Balaban J connectivity index is 1.71. The number of aromatic nitrogens is 2. The van der Waals surface area contributed by atoms with Gasteiger partial charge in [-0.25, -0.2) is 4.79 Å². The molecule has 0 aliphatic heterocycles. The molecule has 0 unspecified atom stereocenters. The smallest absolute Gasteiger partial charge is 0.413 e. The Morgan fingerprint density at radius 3 is 2.82 bits per heavy atom. The Kier molecular flexibility index (Phi) is 6.91. The van der Waals surface area contributed by atoms with E-state index in [2.05, 4.69) is 20.8 Å². The van der Waals surface area contributed by atoms with E-state index in [4.69, 9.17) is 4.74 Å². The van der Waals surface area contributed by atoms with Crippen molar-refractivity contribution in [1.29, 1.82) is 0 Å². The third-order valence-corrected chi connectivity index (χ3v) is 5.16. The van der Waals surface area contributed by atoms with E-state index in [0.29, 0.717) is 27.9 Å². The summed E-state index contributed by atoms with van der Waals surface area (Å²) in [6.45, 7) is 2.03. The van der Waals surface area contributed by atoms with Crippen molar-refractivity contribution in [3.8, 4) is 0 Å². The van der Waals surface area contributed by atoms with Gasteiger partial charge >= 0.3 is 6.09 Å². The van der Waals surface area contributed by atoms with Crippen LogP contribution in [0.25, 0.3) is 0 Å². The fourth-order valence-electron chi connectivity index (χ4n) is 2.22. The van der Waals surface area contributed by atoms with Gasteiger partial charge in [-0.2, -0.15) is 0 Å². The molecule has 1 aliphatic carbocycles. The van der Waals surface area contributed by atoms with Crippen LogP contribution in [0.4, 0.5) is 9.93 Å². The molecule has 0 atom stereocenters. The summed E-state index contributed by atoms with van der Waals surface area (Å²) in [4.78, 5) is 23.1. The topological polar surface area (TPSA) is 93.2 Å². The van der Waals surface area contributed by atoms with E-state index in [9.17, 15) is 9.59 Å². The molecule has 1 aromatic rings. The molecule has 0 saturated heterocycles. The van der Waals surface area contributed by atoms with E-state index < -0.39 is 6.09 Å². The lowest BCUT2D eigenvalue weighted by molar-refractivity contribution is -0.119. The highest BCUT2D eigenvalue weighted by molar-refractivity contribution is 8.01. The number of hydrogen-bond acceptors (Lipinski definition) is 7. The fraction of sp³-hybridized carbons (Fsp3) is 0.692. The van der Waals surface area contributed by atoms with Gasteiger partial charge in [0.2, 0.25) is 11.0 Å². The summed E-state index contributed by atoms with van der Waals surface area (Å²) >= 11 is 2.54. The van der Waals surface area contributed by atoms with E-state index >= 15 is 0 Å². The molecule has 1 aromatic heterocycles. The lowest BCUT2D eigenvalue weighted by atomic mass is 9.95. The van der Waals surface area contributed by atoms with Crippen LogP contribution in [0.1, 0.15) is 39.0 Å². The van der Waals surface area contributed by atoms with Gasteiger partial charge in [0, 0.05) is 6.04 Å². The standard InChI is InChI=1S/C13H20N4O3S2/c1-2-20-12(19)15-11-16-17-13(22-11)21-8-10(18)14-9-6-4-3-5-7-9/h9H,2-8H2,1H3,(H,14,18)(H,15,16,19). The summed E-state index contributed by atoms with van der Waals surface area (Å²) in [7, 11) is 0. The van der Waals surface area contributed by atoms with Gasteiger partial charge in [-0.1, -0.05) is 42.4 Å². The van der Waals surface area contributed by atoms with Crippen molar-refractivity contribution >= 4 is 40.2 Å². The monoisotopic (exact) mass is 344 g/mol. The SMILES string of the molecule is CCOC(=O)Nc1nnc(SCC(=O)NC2CCCCC2)s1. The normalized spacial score (nSPS) is 15.3. The Bertz CT molecular complexity index is 503. The van der Waals surface area contributed by atoms with E-state index in [-0.39, 0.29) is 5.91 Å². The molecule has 7 nitrogen and oxygen atoms in total. The van der Waals surface area contributed by atoms with Crippen LogP contribution in [0.5, 0.6) is 0 Å². The Labute approximate surface area is 137 Å². The van der Waals surface area contributed by atoms with Crippen LogP contribution in [0.15, 0.2) is 4.34 Å². The van der Waals surface area contributed by atoms with Crippen LogP contribution < -0.4 is 10.6 Å². The highest BCUT2D eigenvalue weighted by Crippen LogP contribution is 2.25. The number of hydrogen-bond donors (Lipinski definition) is 2. The van der Waals surface area contributed by atoms with Crippen molar-refractivity contribution in [1.82, 2.24) is 15.5 Å². The van der Waals surface area contributed by atoms with E-state index in [1.54, 1.807) is 6.92 Å². The van der Waals surface area contributed by atoms with Crippen LogP contribution in [0.2, 0.25) is 0 Å². The quantitative estimate of drug-likeness (QED) is 0.609. The number of carbonyl (C=O) groups is 2. The zero-order valence-electron chi connectivity index (χ0n) is 12.5. The van der Waals surface area contributed by atoms with Gasteiger partial charge in [0.15, 0.2) is 4.34 Å². The van der Waals surface area contributed by atoms with Crippen molar-refractivity contribution in [2.24, 2.45) is 0 Å². The van der Waals surface area contributed by atoms with Gasteiger partial charge < -0.3 is 10.1 Å². The van der Waals surface area contributed by atoms with Gasteiger partial charge in [0.25, 0.3) is 0 Å². The van der Waals surface area contributed by atoms with E-state index in [0.717, 1.165) is 12.8 Å². The first-order valence-electron chi connectivity index (χ1n) is 7.37. The zero-order valence-corrected chi connectivity index (χ0v) is 14.1. The number of anilines is 1. The average Bonchev–Trinajstić information content (AvgIpc) is 2.94. The number of ether oxygens (including phenoxy) is 1. The first-order valence-corrected chi connectivity index (χ1v) is 9.17. The molecule has 2 amide bonds. The minimum absolute atomic E-state index is 0.0204. The Morgan fingerprint density at radius 1 is 1.32 bits per heavy atom. The summed E-state index contributed by atoms with van der Waals surface area (Å²) in [6.07, 6.45) is 5.24. The molecule has 1 saturated carbocycles. The predicted molar refractivity (Wildman–Crippen MR) is 86.3 cm³/mol. The minimum Gasteiger partial charge on any atom is -0.450 e. The second kappa shape index (κ2) is 8.94. The van der Waals surface area contributed by atoms with Crippen LogP contribution in [0, 0.1) is 0 Å². The van der Waals surface area contributed by atoms with Gasteiger partial charge in [-0.15, -0.1) is 10.2 Å². The van der Waals surface area contributed by atoms with Gasteiger partial charge in [0.1, 0.15) is 0 Å². The maximum absolute atomic E-state index is 11.9. The molecule has 9 heteroatoms. The van der Waals surface area contributed by atoms with Crippen molar-refractivity contribution < 1.29 is 14.3 Å². The summed E-state index contributed by atoms with van der Waals surface area (Å²) < 4.78 is 5.40. The largest absolute Gasteiger partial charge is 0.450 e. The number of nitrogens with one attached hydrogen (secondary N) is 2. The molecule has 1 aliphatic rings. The molecule has 1 fully saturated rings. The van der Waals surface area contributed by atoms with Crippen molar-refractivity contribution in [2.45, 2.75) is 49.4 Å². The highest BCUT2D eigenvalue weighted by atomic mass is 32.2. The lowest BCUT2D eigenvalue weighted by Gasteiger charge is -2.22. The summed E-state index contributed by atoms with van der Waals surface area (Å²) in [5, 5.41) is 13.7. The van der Waals surface area contributed by atoms with Gasteiger partial charge in [0.05, 0.1) is 12.4 Å². The summed E-state index contributed by atoms with van der Waals surface area (Å²) in [5.41, 5.74) is 0. The second-order valence-corrected chi connectivity index (χ2v) is 7.11. The van der Waals surface area contributed by atoms with Crippen LogP contribution in [-0.4, -0.2) is 40.6 Å². The third kappa shape index (κ3) is 5.80. The molecule has 2 N–H and O–H groups in total. The van der Waals surface area contributed by atoms with Crippen molar-refractivity contribution in [3.05, 3.63) is 0 Å². The first kappa shape index (κ1) is 17.0. The molecule has 0 bridgehead atoms. The fourth-order valence-corrected chi connectivity index (χ4v) is 3.77. The number of carbonyl (C=O) groups excluding carboxylic acids is 2. The summed E-state index contributed by atoms with van der Waals surface area (Å²) in [6, 6.07) is 0.317. The molecule has 122 valence electrons. The van der Waals surface area contributed by atoms with E-state index in [1.165, 1.54) is 42.4 Å². The first-order chi connectivity index (χ1) is 10.7. The molecule has 0 spiro atoms. The number of amides is 2. The molecule has 2 rings (SSSR count). The Morgan fingerprint density at radius 2 is 2.09 bits per heavy atom. The van der Waals surface area contributed by atoms with Crippen LogP contribution in [0.3, 0.4) is 0 Å². The number of nitrogens with zero attached hydrogens (tertiary/aromatic N) is 2. The second-order valence-electron chi connectivity index (χ2n) is 4.91. The molecule has 22 heavy (non-hydrogen) atoms. The molecule has 0 aromatic carbocycles.